The Hall–Kier alpha value is -0.630. The second-order valence-electron chi connectivity index (χ2n) is 4.87. The summed E-state index contributed by atoms with van der Waals surface area (Å²) in [5.74, 6) is 2.27. The molecule has 1 unspecified atom stereocenters. The molecule has 0 N–H and O–H groups in total. The van der Waals surface area contributed by atoms with E-state index in [2.05, 4.69) is 33.4 Å². The zero-order chi connectivity index (χ0) is 11.3. The van der Waals surface area contributed by atoms with Crippen LogP contribution in [-0.4, -0.2) is 12.4 Å². The van der Waals surface area contributed by atoms with Crippen molar-refractivity contribution in [1.82, 2.24) is 0 Å². The molecule has 2 heteroatoms. The first-order valence-corrected chi connectivity index (χ1v) is 5.96. The van der Waals surface area contributed by atoms with E-state index in [1.807, 2.05) is 30.3 Å². The summed E-state index contributed by atoms with van der Waals surface area (Å²) in [5.41, 5.74) is 0.247. The number of ether oxygens (including phenoxy) is 1. The molecule has 1 aromatic rings. The van der Waals surface area contributed by atoms with E-state index in [1.165, 1.54) is 0 Å². The minimum atomic E-state index is 0.247. The van der Waals surface area contributed by atoms with Gasteiger partial charge >= 0.3 is 0 Å². The molecule has 0 bridgehead atoms. The predicted octanol–water partition coefficient (Wildman–Crippen LogP) is 3.66. The van der Waals surface area contributed by atoms with Crippen molar-refractivity contribution in [3.8, 4) is 5.75 Å². The van der Waals surface area contributed by atoms with Crippen LogP contribution in [0.25, 0.3) is 0 Å². The number of hydrogen-bond donors (Lipinski definition) is 1. The Morgan fingerprint density at radius 3 is 2.27 bits per heavy atom. The van der Waals surface area contributed by atoms with Crippen LogP contribution in [0.4, 0.5) is 0 Å². The molecule has 84 valence electrons. The van der Waals surface area contributed by atoms with Crippen LogP contribution in [0, 0.1) is 11.3 Å². The Bertz CT molecular complexity index is 276. The summed E-state index contributed by atoms with van der Waals surface area (Å²) < 4.78 is 5.74. The van der Waals surface area contributed by atoms with Gasteiger partial charge in [0.15, 0.2) is 0 Å². The van der Waals surface area contributed by atoms with Crippen LogP contribution in [0.15, 0.2) is 30.3 Å². The molecule has 0 saturated heterocycles. The molecular weight excluding hydrogens is 204 g/mol. The van der Waals surface area contributed by atoms with E-state index < -0.39 is 0 Å². The van der Waals surface area contributed by atoms with Gasteiger partial charge < -0.3 is 4.74 Å². The van der Waals surface area contributed by atoms with Gasteiger partial charge in [0, 0.05) is 5.92 Å². The number of hydrogen-bond acceptors (Lipinski definition) is 2. The van der Waals surface area contributed by atoms with Gasteiger partial charge in [0.05, 0.1) is 6.61 Å². The van der Waals surface area contributed by atoms with Crippen molar-refractivity contribution in [2.45, 2.75) is 20.8 Å². The average molecular weight is 224 g/mol. The normalized spacial score (nSPS) is 13.6. The first kappa shape index (κ1) is 12.4. The molecule has 0 saturated carbocycles. The van der Waals surface area contributed by atoms with Gasteiger partial charge in [-0.05, 0) is 23.3 Å². The minimum Gasteiger partial charge on any atom is -0.493 e. The first-order valence-electron chi connectivity index (χ1n) is 5.32. The number of benzene rings is 1. The summed E-state index contributed by atoms with van der Waals surface area (Å²) >= 11 is 4.38. The molecule has 0 aliphatic heterocycles. The highest BCUT2D eigenvalue weighted by Crippen LogP contribution is 2.27. The Labute approximate surface area is 98.3 Å². The van der Waals surface area contributed by atoms with E-state index in [0.717, 1.165) is 18.1 Å². The van der Waals surface area contributed by atoms with Crippen molar-refractivity contribution in [3.63, 3.8) is 0 Å². The van der Waals surface area contributed by atoms with Crippen molar-refractivity contribution in [2.24, 2.45) is 11.3 Å². The molecule has 0 spiro atoms. The van der Waals surface area contributed by atoms with Crippen LogP contribution >= 0.6 is 12.6 Å². The lowest BCUT2D eigenvalue weighted by Crippen LogP contribution is -2.28. The molecule has 0 aliphatic rings. The highest BCUT2D eigenvalue weighted by Gasteiger charge is 2.23. The Morgan fingerprint density at radius 2 is 1.80 bits per heavy atom. The molecule has 1 aromatic carbocycles. The second-order valence-corrected chi connectivity index (χ2v) is 5.23. The van der Waals surface area contributed by atoms with E-state index in [4.69, 9.17) is 4.74 Å². The molecule has 0 fully saturated rings. The predicted molar refractivity (Wildman–Crippen MR) is 68.7 cm³/mol. The number of thiol groups is 1. The monoisotopic (exact) mass is 224 g/mol. The molecule has 0 aliphatic carbocycles. The van der Waals surface area contributed by atoms with Crippen molar-refractivity contribution in [3.05, 3.63) is 30.3 Å². The molecule has 1 atom stereocenters. The summed E-state index contributed by atoms with van der Waals surface area (Å²) in [6.45, 7) is 7.41. The van der Waals surface area contributed by atoms with E-state index in [9.17, 15) is 0 Å². The summed E-state index contributed by atoms with van der Waals surface area (Å²) in [6.07, 6.45) is 0. The van der Waals surface area contributed by atoms with Crippen LogP contribution in [0.1, 0.15) is 20.8 Å². The Balaban J connectivity index is 2.49. The fourth-order valence-electron chi connectivity index (χ4n) is 1.29. The van der Waals surface area contributed by atoms with Crippen molar-refractivity contribution < 1.29 is 4.74 Å². The van der Waals surface area contributed by atoms with Gasteiger partial charge in [-0.3, -0.25) is 0 Å². The van der Waals surface area contributed by atoms with E-state index in [1.54, 1.807) is 0 Å². The third kappa shape index (κ3) is 4.17. The van der Waals surface area contributed by atoms with E-state index in [0.29, 0.717) is 5.92 Å². The Morgan fingerprint density at radius 1 is 1.20 bits per heavy atom. The first-order chi connectivity index (χ1) is 7.04. The molecule has 1 nitrogen and oxygen atoms in total. The smallest absolute Gasteiger partial charge is 0.119 e. The number of rotatable bonds is 4. The van der Waals surface area contributed by atoms with Gasteiger partial charge in [-0.25, -0.2) is 0 Å². The van der Waals surface area contributed by atoms with Crippen LogP contribution in [0.3, 0.4) is 0 Å². The molecule has 0 radical (unpaired) electrons. The minimum absolute atomic E-state index is 0.247. The van der Waals surface area contributed by atoms with Gasteiger partial charge in [0.1, 0.15) is 5.75 Å². The topological polar surface area (TPSA) is 9.23 Å². The van der Waals surface area contributed by atoms with Gasteiger partial charge in [-0.2, -0.15) is 12.6 Å². The van der Waals surface area contributed by atoms with Crippen LogP contribution in [-0.2, 0) is 0 Å². The standard InChI is InChI=1S/C13H20OS/c1-13(2,3)11(10-15)9-14-12-7-5-4-6-8-12/h4-8,11,15H,9-10H2,1-3H3. The summed E-state index contributed by atoms with van der Waals surface area (Å²) in [4.78, 5) is 0. The molecule has 0 aromatic heterocycles. The summed E-state index contributed by atoms with van der Waals surface area (Å²) in [7, 11) is 0. The summed E-state index contributed by atoms with van der Waals surface area (Å²) in [6, 6.07) is 9.94. The van der Waals surface area contributed by atoms with Gasteiger partial charge in [0.25, 0.3) is 0 Å². The summed E-state index contributed by atoms with van der Waals surface area (Å²) in [5, 5.41) is 0. The number of para-hydroxylation sites is 1. The third-order valence-electron chi connectivity index (χ3n) is 2.64. The lowest BCUT2D eigenvalue weighted by Gasteiger charge is -2.29. The molecule has 0 amide bonds. The highest BCUT2D eigenvalue weighted by atomic mass is 32.1. The van der Waals surface area contributed by atoms with Gasteiger partial charge in [-0.1, -0.05) is 39.0 Å². The van der Waals surface area contributed by atoms with Crippen molar-refractivity contribution in [2.75, 3.05) is 12.4 Å². The van der Waals surface area contributed by atoms with E-state index >= 15 is 0 Å². The average Bonchev–Trinajstić information content (AvgIpc) is 2.18. The second kappa shape index (κ2) is 5.45. The highest BCUT2D eigenvalue weighted by molar-refractivity contribution is 7.80. The maximum absolute atomic E-state index is 5.74. The van der Waals surface area contributed by atoms with E-state index in [-0.39, 0.29) is 5.41 Å². The molecule has 1 rings (SSSR count). The zero-order valence-electron chi connectivity index (χ0n) is 9.73. The van der Waals surface area contributed by atoms with Crippen LogP contribution < -0.4 is 4.74 Å². The third-order valence-corrected chi connectivity index (χ3v) is 3.08. The van der Waals surface area contributed by atoms with Crippen LogP contribution in [0.2, 0.25) is 0 Å². The van der Waals surface area contributed by atoms with Crippen LogP contribution in [0.5, 0.6) is 5.75 Å². The zero-order valence-corrected chi connectivity index (χ0v) is 10.6. The van der Waals surface area contributed by atoms with Crippen molar-refractivity contribution >= 4 is 12.6 Å². The Kier molecular flexibility index (Phi) is 4.52. The fourth-order valence-corrected chi connectivity index (χ4v) is 1.94. The quantitative estimate of drug-likeness (QED) is 0.768. The molecular formula is C13H20OS. The maximum atomic E-state index is 5.74. The lowest BCUT2D eigenvalue weighted by molar-refractivity contribution is 0.165. The van der Waals surface area contributed by atoms with Crippen molar-refractivity contribution in [1.29, 1.82) is 0 Å². The van der Waals surface area contributed by atoms with Gasteiger partial charge in [0.2, 0.25) is 0 Å². The molecule has 15 heavy (non-hydrogen) atoms. The largest absolute Gasteiger partial charge is 0.493 e. The molecule has 0 heterocycles. The van der Waals surface area contributed by atoms with Gasteiger partial charge in [-0.15, -0.1) is 0 Å². The lowest BCUT2D eigenvalue weighted by atomic mass is 9.82. The SMILES string of the molecule is CC(C)(C)C(CS)COc1ccccc1. The fraction of sp³-hybridized carbons (Fsp3) is 0.538. The maximum Gasteiger partial charge on any atom is 0.119 e.